The fourth-order valence-electron chi connectivity index (χ4n) is 2.66. The van der Waals surface area contributed by atoms with Crippen LogP contribution in [0.5, 0.6) is 0 Å². The highest BCUT2D eigenvalue weighted by atomic mass is 16.5. The molecule has 2 aromatic heterocycles. The highest BCUT2D eigenvalue weighted by Gasteiger charge is 2.15. The lowest BCUT2D eigenvalue weighted by Crippen LogP contribution is -2.37. The Kier molecular flexibility index (Phi) is 5.27. The van der Waals surface area contributed by atoms with Gasteiger partial charge in [0.15, 0.2) is 0 Å². The van der Waals surface area contributed by atoms with Gasteiger partial charge in [-0.05, 0) is 25.0 Å². The quantitative estimate of drug-likeness (QED) is 0.780. The Bertz CT molecular complexity index is 621. The van der Waals surface area contributed by atoms with Crippen molar-refractivity contribution < 1.29 is 14.6 Å². The van der Waals surface area contributed by atoms with Crippen LogP contribution < -0.4 is 10.6 Å². The molecule has 0 saturated carbocycles. The van der Waals surface area contributed by atoms with Crippen LogP contribution in [0.15, 0.2) is 18.3 Å². The van der Waals surface area contributed by atoms with Gasteiger partial charge in [0.2, 0.25) is 5.95 Å². The first-order valence-electron chi connectivity index (χ1n) is 7.93. The Morgan fingerprint density at radius 2 is 2.00 bits per heavy atom. The van der Waals surface area contributed by atoms with Crippen molar-refractivity contribution in [2.24, 2.45) is 0 Å². The molecule has 2 saturated heterocycles. The van der Waals surface area contributed by atoms with Crippen molar-refractivity contribution in [1.82, 2.24) is 14.6 Å². The molecule has 0 bridgehead atoms. The summed E-state index contributed by atoms with van der Waals surface area (Å²) in [6.45, 7) is 4.66. The topological polar surface area (TPSA) is 98.1 Å². The molecule has 1 atom stereocenters. The molecular formula is C15H23N5O3. The molecule has 2 aliphatic heterocycles. The first-order valence-corrected chi connectivity index (χ1v) is 7.93. The summed E-state index contributed by atoms with van der Waals surface area (Å²) in [6.07, 6.45) is 3.47. The van der Waals surface area contributed by atoms with Gasteiger partial charge in [-0.2, -0.15) is 0 Å². The molecule has 126 valence electrons. The van der Waals surface area contributed by atoms with Gasteiger partial charge in [-0.15, -0.1) is 5.10 Å². The van der Waals surface area contributed by atoms with E-state index in [-0.39, 0.29) is 6.10 Å². The van der Waals surface area contributed by atoms with Gasteiger partial charge in [0.1, 0.15) is 5.82 Å². The molecule has 0 aliphatic carbocycles. The van der Waals surface area contributed by atoms with Crippen LogP contribution in [0, 0.1) is 0 Å². The summed E-state index contributed by atoms with van der Waals surface area (Å²) in [7, 11) is 0. The van der Waals surface area contributed by atoms with Gasteiger partial charge >= 0.3 is 0 Å². The van der Waals surface area contributed by atoms with Gasteiger partial charge in [-0.25, -0.2) is 9.50 Å². The normalized spacial score (nSPS) is 21.8. The Morgan fingerprint density at radius 3 is 2.65 bits per heavy atom. The number of hydrogen-bond acceptors (Lipinski definition) is 7. The van der Waals surface area contributed by atoms with Crippen LogP contribution in [0.25, 0.3) is 5.52 Å². The van der Waals surface area contributed by atoms with Gasteiger partial charge in [0.05, 0.1) is 37.6 Å². The van der Waals surface area contributed by atoms with E-state index in [1.165, 1.54) is 0 Å². The molecule has 0 spiro atoms. The van der Waals surface area contributed by atoms with Crippen molar-refractivity contribution in [1.29, 1.82) is 0 Å². The zero-order valence-corrected chi connectivity index (χ0v) is 13.1. The number of anilines is 2. The zero-order valence-electron chi connectivity index (χ0n) is 13.1. The number of aliphatic hydroxyl groups excluding tert-OH is 1. The van der Waals surface area contributed by atoms with E-state index in [1.807, 2.05) is 16.6 Å². The minimum Gasteiger partial charge on any atom is -0.391 e. The maximum atomic E-state index is 8.78. The highest BCUT2D eigenvalue weighted by Crippen LogP contribution is 2.19. The molecule has 0 amide bonds. The second-order valence-electron chi connectivity index (χ2n) is 5.61. The van der Waals surface area contributed by atoms with Crippen molar-refractivity contribution in [2.75, 3.05) is 50.2 Å². The number of nitrogens with zero attached hydrogens (tertiary/aromatic N) is 4. The van der Waals surface area contributed by atoms with E-state index in [2.05, 4.69) is 15.0 Å². The smallest absolute Gasteiger partial charge is 0.238 e. The lowest BCUT2D eigenvalue weighted by molar-refractivity contribution is -0.00535. The average Bonchev–Trinajstić information content (AvgIpc) is 3.00. The molecule has 23 heavy (non-hydrogen) atoms. The summed E-state index contributed by atoms with van der Waals surface area (Å²) in [4.78, 5) is 6.21. The molecule has 2 aromatic rings. The third kappa shape index (κ3) is 4.10. The van der Waals surface area contributed by atoms with E-state index in [9.17, 15) is 0 Å². The second kappa shape index (κ2) is 7.58. The Hall–Kier alpha value is -1.90. The molecule has 4 heterocycles. The number of fused-ring (bicyclic) bond motifs is 1. The van der Waals surface area contributed by atoms with Gasteiger partial charge in [0, 0.05) is 19.7 Å². The van der Waals surface area contributed by atoms with Crippen LogP contribution >= 0.6 is 0 Å². The third-order valence-corrected chi connectivity index (χ3v) is 3.87. The predicted octanol–water partition coefficient (Wildman–Crippen LogP) is 0.306. The molecule has 2 fully saturated rings. The summed E-state index contributed by atoms with van der Waals surface area (Å²) >= 11 is 0. The van der Waals surface area contributed by atoms with Crippen LogP contribution in [0.3, 0.4) is 0 Å². The standard InChI is InChI=1S/C10H13N5O.C5H10O2/c11-10-12-7-8-1-2-9(15(8)13-10)14-3-5-16-6-4-14;6-5-2-1-3-7-4-5/h1-2,7H,3-6H2,(H2,11,13);5-6H,1-4H2. The van der Waals surface area contributed by atoms with Gasteiger partial charge in [-0.3, -0.25) is 0 Å². The summed E-state index contributed by atoms with van der Waals surface area (Å²) < 4.78 is 12.1. The van der Waals surface area contributed by atoms with Crippen molar-refractivity contribution in [3.8, 4) is 0 Å². The maximum absolute atomic E-state index is 8.78. The molecule has 8 heteroatoms. The fraction of sp³-hybridized carbons (Fsp3) is 0.600. The van der Waals surface area contributed by atoms with Crippen molar-refractivity contribution in [2.45, 2.75) is 18.9 Å². The van der Waals surface area contributed by atoms with Crippen LogP contribution in [0.1, 0.15) is 12.8 Å². The predicted molar refractivity (Wildman–Crippen MR) is 86.5 cm³/mol. The Balaban J connectivity index is 0.000000188. The van der Waals surface area contributed by atoms with Crippen LogP contribution in [-0.2, 0) is 9.47 Å². The minimum absolute atomic E-state index is 0.186. The van der Waals surface area contributed by atoms with Crippen molar-refractivity contribution in [3.63, 3.8) is 0 Å². The number of nitrogen functional groups attached to an aromatic ring is 1. The van der Waals surface area contributed by atoms with E-state index < -0.39 is 0 Å². The summed E-state index contributed by atoms with van der Waals surface area (Å²) in [5, 5.41) is 13.0. The van der Waals surface area contributed by atoms with E-state index in [1.54, 1.807) is 6.20 Å². The summed E-state index contributed by atoms with van der Waals surface area (Å²) in [5.41, 5.74) is 6.55. The van der Waals surface area contributed by atoms with Gasteiger partial charge < -0.3 is 25.2 Å². The van der Waals surface area contributed by atoms with Gasteiger partial charge in [0.25, 0.3) is 0 Å². The molecule has 2 aliphatic rings. The lowest BCUT2D eigenvalue weighted by Gasteiger charge is -2.27. The number of ether oxygens (including phenoxy) is 2. The lowest BCUT2D eigenvalue weighted by atomic mass is 10.2. The molecule has 0 radical (unpaired) electrons. The van der Waals surface area contributed by atoms with E-state index in [0.29, 0.717) is 12.6 Å². The van der Waals surface area contributed by atoms with Crippen molar-refractivity contribution >= 4 is 17.3 Å². The van der Waals surface area contributed by atoms with Crippen LogP contribution in [0.4, 0.5) is 11.8 Å². The van der Waals surface area contributed by atoms with Crippen LogP contribution in [-0.4, -0.2) is 65.3 Å². The largest absolute Gasteiger partial charge is 0.391 e. The Labute approximate surface area is 134 Å². The van der Waals surface area contributed by atoms with Gasteiger partial charge in [-0.1, -0.05) is 0 Å². The minimum atomic E-state index is -0.186. The van der Waals surface area contributed by atoms with E-state index >= 15 is 0 Å². The molecule has 1 unspecified atom stereocenters. The fourth-order valence-corrected chi connectivity index (χ4v) is 2.66. The number of hydrogen-bond donors (Lipinski definition) is 2. The average molecular weight is 321 g/mol. The second-order valence-corrected chi connectivity index (χ2v) is 5.61. The Morgan fingerprint density at radius 1 is 1.17 bits per heavy atom. The number of aliphatic hydroxyl groups is 1. The number of nitrogens with two attached hydrogens (primary N) is 1. The zero-order chi connectivity index (χ0) is 16.1. The highest BCUT2D eigenvalue weighted by molar-refractivity contribution is 5.57. The molecule has 8 nitrogen and oxygen atoms in total. The monoisotopic (exact) mass is 321 g/mol. The maximum Gasteiger partial charge on any atom is 0.238 e. The first-order chi connectivity index (χ1) is 11.2. The third-order valence-electron chi connectivity index (χ3n) is 3.87. The number of morpholine rings is 1. The number of rotatable bonds is 1. The van der Waals surface area contributed by atoms with Crippen LogP contribution in [0.2, 0.25) is 0 Å². The number of aromatic nitrogens is 3. The summed E-state index contributed by atoms with van der Waals surface area (Å²) in [6, 6.07) is 4.03. The molecule has 0 aromatic carbocycles. The molecule has 4 rings (SSSR count). The SMILES string of the molecule is Nc1ncc2ccc(N3CCOCC3)n2n1.OC1CCCOC1. The molecular weight excluding hydrogens is 298 g/mol. The van der Waals surface area contributed by atoms with E-state index in [4.69, 9.17) is 20.3 Å². The molecule has 3 N–H and O–H groups in total. The first kappa shape index (κ1) is 16.0. The summed E-state index contributed by atoms with van der Waals surface area (Å²) in [5.74, 6) is 1.34. The van der Waals surface area contributed by atoms with Crippen molar-refractivity contribution in [3.05, 3.63) is 18.3 Å². The van der Waals surface area contributed by atoms with E-state index in [0.717, 1.165) is 57.1 Å².